The molecule has 0 saturated heterocycles. The highest BCUT2D eigenvalue weighted by molar-refractivity contribution is 7.16. The largest absolute Gasteiger partial charge is 0.354 e. The van der Waals surface area contributed by atoms with Crippen molar-refractivity contribution in [3.63, 3.8) is 0 Å². The number of aryl methyl sites for hydroxylation is 1. The number of thiazole rings is 1. The van der Waals surface area contributed by atoms with Gasteiger partial charge in [0.25, 0.3) is 0 Å². The number of carbonyl (C=O) groups excluding carboxylic acids is 1. The maximum atomic E-state index is 11.0. The number of anilines is 2. The number of nitrogens with zero attached hydrogens (tertiary/aromatic N) is 2. The number of halogens is 1. The zero-order chi connectivity index (χ0) is 14.0. The monoisotopic (exact) mass is 311 g/mol. The van der Waals surface area contributed by atoms with E-state index in [0.717, 1.165) is 22.1 Å². The van der Waals surface area contributed by atoms with E-state index in [9.17, 15) is 4.79 Å². The molecule has 0 atom stereocenters. The molecule has 1 amide bonds. The Labute approximate surface area is 129 Å². The third-order valence-corrected chi connectivity index (χ3v) is 3.79. The van der Waals surface area contributed by atoms with E-state index in [1.807, 2.05) is 43.3 Å². The number of rotatable bonds is 3. The second kappa shape index (κ2) is 6.72. The average Bonchev–Trinajstić information content (AvgIpc) is 2.72. The van der Waals surface area contributed by atoms with Crippen LogP contribution in [0.25, 0.3) is 11.3 Å². The van der Waals surface area contributed by atoms with Gasteiger partial charge in [0.15, 0.2) is 5.13 Å². The Morgan fingerprint density at radius 3 is 2.30 bits per heavy atom. The molecule has 2 aromatic rings. The molecule has 0 unspecified atom stereocenters. The molecular formula is C14H18ClN3OS. The van der Waals surface area contributed by atoms with Crippen molar-refractivity contribution < 1.29 is 4.79 Å². The molecule has 1 N–H and O–H groups in total. The molecule has 0 aliphatic heterocycles. The van der Waals surface area contributed by atoms with Crippen molar-refractivity contribution in [3.8, 4) is 11.3 Å². The molecule has 4 nitrogen and oxygen atoms in total. The molecule has 1 aromatic carbocycles. The SMILES string of the molecule is CC(=O)Nc1ccc(-c2nc(N(C)C)sc2C)cc1.Cl. The van der Waals surface area contributed by atoms with Gasteiger partial charge in [-0.3, -0.25) is 4.79 Å². The minimum atomic E-state index is -0.0625. The summed E-state index contributed by atoms with van der Waals surface area (Å²) in [6, 6.07) is 7.75. The van der Waals surface area contributed by atoms with Gasteiger partial charge in [-0.15, -0.1) is 23.7 Å². The first-order valence-corrected chi connectivity index (χ1v) is 6.82. The lowest BCUT2D eigenvalue weighted by Gasteiger charge is -2.06. The topological polar surface area (TPSA) is 45.2 Å². The van der Waals surface area contributed by atoms with Gasteiger partial charge in [0, 0.05) is 37.1 Å². The maximum absolute atomic E-state index is 11.0. The second-order valence-corrected chi connectivity index (χ2v) is 5.74. The number of aromatic nitrogens is 1. The molecule has 0 aliphatic rings. The van der Waals surface area contributed by atoms with Gasteiger partial charge in [0.05, 0.1) is 5.69 Å². The highest BCUT2D eigenvalue weighted by Crippen LogP contribution is 2.31. The van der Waals surface area contributed by atoms with Crippen LogP contribution in [0, 0.1) is 6.92 Å². The smallest absolute Gasteiger partial charge is 0.221 e. The number of hydrogen-bond donors (Lipinski definition) is 1. The van der Waals surface area contributed by atoms with Crippen molar-refractivity contribution in [1.82, 2.24) is 4.98 Å². The number of carbonyl (C=O) groups is 1. The summed E-state index contributed by atoms with van der Waals surface area (Å²) in [4.78, 5) is 18.8. The first-order chi connectivity index (χ1) is 8.97. The molecule has 0 saturated carbocycles. The number of amides is 1. The van der Waals surface area contributed by atoms with Crippen molar-refractivity contribution in [2.75, 3.05) is 24.3 Å². The van der Waals surface area contributed by atoms with Crippen LogP contribution in [0.2, 0.25) is 0 Å². The van der Waals surface area contributed by atoms with Gasteiger partial charge in [0.2, 0.25) is 5.91 Å². The Balaban J connectivity index is 0.00000200. The predicted molar refractivity (Wildman–Crippen MR) is 88.2 cm³/mol. The van der Waals surface area contributed by atoms with Gasteiger partial charge in [-0.2, -0.15) is 0 Å². The summed E-state index contributed by atoms with van der Waals surface area (Å²) in [5, 5.41) is 3.76. The first-order valence-electron chi connectivity index (χ1n) is 6.00. The zero-order valence-electron chi connectivity index (χ0n) is 11.9. The van der Waals surface area contributed by atoms with Crippen molar-refractivity contribution in [3.05, 3.63) is 29.1 Å². The van der Waals surface area contributed by atoms with Crippen molar-refractivity contribution >= 4 is 40.5 Å². The zero-order valence-corrected chi connectivity index (χ0v) is 13.6. The summed E-state index contributed by atoms with van der Waals surface area (Å²) in [6.45, 7) is 3.57. The van der Waals surface area contributed by atoms with Crippen LogP contribution < -0.4 is 10.2 Å². The van der Waals surface area contributed by atoms with E-state index in [-0.39, 0.29) is 18.3 Å². The fraction of sp³-hybridized carbons (Fsp3) is 0.286. The predicted octanol–water partition coefficient (Wildman–Crippen LogP) is 3.56. The maximum Gasteiger partial charge on any atom is 0.221 e. The lowest BCUT2D eigenvalue weighted by Crippen LogP contribution is -2.07. The quantitative estimate of drug-likeness (QED) is 0.942. The molecule has 2 rings (SSSR count). The molecular weight excluding hydrogens is 294 g/mol. The van der Waals surface area contributed by atoms with Gasteiger partial charge < -0.3 is 10.2 Å². The molecule has 0 fully saturated rings. The lowest BCUT2D eigenvalue weighted by atomic mass is 10.1. The Hall–Kier alpha value is -1.59. The summed E-state index contributed by atoms with van der Waals surface area (Å²) < 4.78 is 0. The second-order valence-electron chi connectivity index (χ2n) is 4.55. The highest BCUT2D eigenvalue weighted by atomic mass is 35.5. The fourth-order valence-electron chi connectivity index (χ4n) is 1.76. The molecule has 1 heterocycles. The van der Waals surface area contributed by atoms with Gasteiger partial charge in [-0.25, -0.2) is 4.98 Å². The van der Waals surface area contributed by atoms with E-state index in [0.29, 0.717) is 0 Å². The Kier molecular flexibility index (Phi) is 5.53. The number of hydrogen-bond acceptors (Lipinski definition) is 4. The van der Waals surface area contributed by atoms with Crippen LogP contribution in [-0.2, 0) is 4.79 Å². The molecule has 1 aromatic heterocycles. The van der Waals surface area contributed by atoms with Crippen LogP contribution in [0.4, 0.5) is 10.8 Å². The summed E-state index contributed by atoms with van der Waals surface area (Å²) >= 11 is 1.68. The highest BCUT2D eigenvalue weighted by Gasteiger charge is 2.10. The van der Waals surface area contributed by atoms with Crippen molar-refractivity contribution in [1.29, 1.82) is 0 Å². The van der Waals surface area contributed by atoms with E-state index >= 15 is 0 Å². The van der Waals surface area contributed by atoms with Gasteiger partial charge >= 0.3 is 0 Å². The van der Waals surface area contributed by atoms with Crippen LogP contribution >= 0.6 is 23.7 Å². The van der Waals surface area contributed by atoms with E-state index in [2.05, 4.69) is 17.2 Å². The molecule has 20 heavy (non-hydrogen) atoms. The van der Waals surface area contributed by atoms with Crippen LogP contribution in [-0.4, -0.2) is 25.0 Å². The Morgan fingerprint density at radius 1 is 1.25 bits per heavy atom. The van der Waals surface area contributed by atoms with Crippen LogP contribution in [0.5, 0.6) is 0 Å². The number of nitrogens with one attached hydrogen (secondary N) is 1. The van der Waals surface area contributed by atoms with Gasteiger partial charge in [-0.1, -0.05) is 12.1 Å². The lowest BCUT2D eigenvalue weighted by molar-refractivity contribution is -0.114. The number of benzene rings is 1. The van der Waals surface area contributed by atoms with Crippen molar-refractivity contribution in [2.45, 2.75) is 13.8 Å². The average molecular weight is 312 g/mol. The standard InChI is InChI=1S/C14H17N3OS.ClH/c1-9-13(16-14(19-9)17(3)4)11-5-7-12(8-6-11)15-10(2)18;/h5-8H,1-4H3,(H,15,18);1H. The third kappa shape index (κ3) is 3.71. The van der Waals surface area contributed by atoms with E-state index in [1.165, 1.54) is 11.8 Å². The summed E-state index contributed by atoms with van der Waals surface area (Å²) in [6.07, 6.45) is 0. The summed E-state index contributed by atoms with van der Waals surface area (Å²) in [5.74, 6) is -0.0625. The van der Waals surface area contributed by atoms with Crippen molar-refractivity contribution in [2.24, 2.45) is 0 Å². The van der Waals surface area contributed by atoms with Gasteiger partial charge in [0.1, 0.15) is 0 Å². The fourth-order valence-corrected chi connectivity index (χ4v) is 2.61. The van der Waals surface area contributed by atoms with E-state index in [4.69, 9.17) is 0 Å². The summed E-state index contributed by atoms with van der Waals surface area (Å²) in [5.41, 5.74) is 2.87. The third-order valence-electron chi connectivity index (χ3n) is 2.65. The molecule has 0 radical (unpaired) electrons. The van der Waals surface area contributed by atoms with E-state index < -0.39 is 0 Å². The van der Waals surface area contributed by atoms with Crippen LogP contribution in [0.15, 0.2) is 24.3 Å². The van der Waals surface area contributed by atoms with Gasteiger partial charge in [-0.05, 0) is 19.1 Å². The van der Waals surface area contributed by atoms with E-state index in [1.54, 1.807) is 11.3 Å². The molecule has 0 aliphatic carbocycles. The molecule has 0 spiro atoms. The minimum absolute atomic E-state index is 0. The minimum Gasteiger partial charge on any atom is -0.354 e. The first kappa shape index (κ1) is 16.5. The Bertz CT molecular complexity index is 593. The summed E-state index contributed by atoms with van der Waals surface area (Å²) in [7, 11) is 3.98. The Morgan fingerprint density at radius 2 is 1.85 bits per heavy atom. The van der Waals surface area contributed by atoms with Crippen LogP contribution in [0.3, 0.4) is 0 Å². The molecule has 108 valence electrons. The normalized spacial score (nSPS) is 9.80. The van der Waals surface area contributed by atoms with Crippen LogP contribution in [0.1, 0.15) is 11.8 Å². The molecule has 0 bridgehead atoms. The molecule has 6 heteroatoms.